The Morgan fingerprint density at radius 2 is 1.50 bits per heavy atom. The lowest BCUT2D eigenvalue weighted by molar-refractivity contribution is -0.139. The van der Waals surface area contributed by atoms with Crippen LogP contribution in [-0.4, -0.2) is 35.0 Å². The van der Waals surface area contributed by atoms with E-state index in [9.17, 15) is 19.5 Å². The molecule has 1 atom stereocenters. The van der Waals surface area contributed by atoms with Crippen molar-refractivity contribution in [2.24, 2.45) is 0 Å². The zero-order valence-corrected chi connectivity index (χ0v) is 14.1. The maximum Gasteiger partial charge on any atom is 0.326 e. The highest BCUT2D eigenvalue weighted by Gasteiger charge is 2.24. The van der Waals surface area contributed by atoms with Gasteiger partial charge in [-0.2, -0.15) is 0 Å². The van der Waals surface area contributed by atoms with E-state index in [-0.39, 0.29) is 18.4 Å². The average Bonchev–Trinajstić information content (AvgIpc) is 3.46. The molecule has 2 aromatic carbocycles. The summed E-state index contributed by atoms with van der Waals surface area (Å²) >= 11 is 0. The van der Waals surface area contributed by atoms with Crippen molar-refractivity contribution in [1.29, 1.82) is 0 Å². The van der Waals surface area contributed by atoms with Crippen LogP contribution < -0.4 is 10.6 Å². The minimum Gasteiger partial charge on any atom is -0.480 e. The first-order chi connectivity index (χ1) is 12.5. The fourth-order valence-electron chi connectivity index (χ4n) is 2.56. The number of carbonyl (C=O) groups is 3. The van der Waals surface area contributed by atoms with Gasteiger partial charge in [-0.25, -0.2) is 4.79 Å². The Balaban J connectivity index is 1.63. The summed E-state index contributed by atoms with van der Waals surface area (Å²) in [5, 5.41) is 14.8. The predicted molar refractivity (Wildman–Crippen MR) is 96.0 cm³/mol. The van der Waals surface area contributed by atoms with E-state index in [1.165, 1.54) is 12.1 Å². The summed E-state index contributed by atoms with van der Waals surface area (Å²) in [7, 11) is 0. The Morgan fingerprint density at radius 1 is 0.923 bits per heavy atom. The second-order valence-electron chi connectivity index (χ2n) is 6.38. The number of amides is 2. The molecule has 134 valence electrons. The fourth-order valence-corrected chi connectivity index (χ4v) is 2.56. The van der Waals surface area contributed by atoms with Crippen LogP contribution in [0.4, 0.5) is 0 Å². The number of carbonyl (C=O) groups excluding carboxylic acids is 2. The standard InChI is InChI=1S/C20H20N2O4/c23-18(21-16-10-11-16)14-6-8-15(9-7-14)19(24)22-17(20(25)26)12-13-4-2-1-3-5-13/h1-9,16-17H,10-12H2,(H,21,23)(H,22,24)(H,25,26)/t17-/m1/s1. The van der Waals surface area contributed by atoms with Crippen LogP contribution in [0, 0.1) is 0 Å². The van der Waals surface area contributed by atoms with E-state index in [0.717, 1.165) is 18.4 Å². The molecule has 2 aromatic rings. The average molecular weight is 352 g/mol. The van der Waals surface area contributed by atoms with Crippen molar-refractivity contribution >= 4 is 17.8 Å². The number of rotatable bonds is 7. The molecule has 6 heteroatoms. The van der Waals surface area contributed by atoms with Crippen LogP contribution in [0.2, 0.25) is 0 Å². The Hall–Kier alpha value is -3.15. The molecule has 0 aromatic heterocycles. The van der Waals surface area contributed by atoms with Gasteiger partial charge in [0, 0.05) is 23.6 Å². The van der Waals surface area contributed by atoms with E-state index in [4.69, 9.17) is 0 Å². The molecule has 3 rings (SSSR count). The third-order valence-electron chi connectivity index (χ3n) is 4.21. The number of carboxylic acid groups (broad SMARTS) is 1. The van der Waals surface area contributed by atoms with Crippen molar-refractivity contribution in [2.75, 3.05) is 0 Å². The van der Waals surface area contributed by atoms with Crippen LogP contribution in [0.1, 0.15) is 39.1 Å². The molecule has 2 amide bonds. The Kier molecular flexibility index (Phi) is 5.31. The Labute approximate surface area is 151 Å². The summed E-state index contributed by atoms with van der Waals surface area (Å²) in [5.41, 5.74) is 1.62. The molecule has 0 aliphatic heterocycles. The molecule has 0 unspecified atom stereocenters. The summed E-state index contributed by atoms with van der Waals surface area (Å²) in [6, 6.07) is 14.5. The molecule has 0 heterocycles. The largest absolute Gasteiger partial charge is 0.480 e. The Bertz CT molecular complexity index is 798. The minimum absolute atomic E-state index is 0.160. The maximum absolute atomic E-state index is 12.3. The van der Waals surface area contributed by atoms with Crippen molar-refractivity contribution in [3.8, 4) is 0 Å². The lowest BCUT2D eigenvalue weighted by Crippen LogP contribution is -2.42. The summed E-state index contributed by atoms with van der Waals surface area (Å²) in [5.74, 6) is -1.74. The molecule has 3 N–H and O–H groups in total. The van der Waals surface area contributed by atoms with Gasteiger partial charge in [0.25, 0.3) is 11.8 Å². The quantitative estimate of drug-likeness (QED) is 0.710. The van der Waals surface area contributed by atoms with Gasteiger partial charge in [0.1, 0.15) is 6.04 Å². The predicted octanol–water partition coefficient (Wildman–Crippen LogP) is 2.00. The Morgan fingerprint density at radius 3 is 2.04 bits per heavy atom. The lowest BCUT2D eigenvalue weighted by Gasteiger charge is -2.15. The van der Waals surface area contributed by atoms with Crippen molar-refractivity contribution in [2.45, 2.75) is 31.3 Å². The number of nitrogens with one attached hydrogen (secondary N) is 2. The summed E-state index contributed by atoms with van der Waals surface area (Å²) in [6.07, 6.45) is 2.21. The van der Waals surface area contributed by atoms with Gasteiger partial charge < -0.3 is 15.7 Å². The van der Waals surface area contributed by atoms with Gasteiger partial charge in [-0.15, -0.1) is 0 Å². The lowest BCUT2D eigenvalue weighted by atomic mass is 10.1. The van der Waals surface area contributed by atoms with Gasteiger partial charge in [0.15, 0.2) is 0 Å². The maximum atomic E-state index is 12.3. The highest BCUT2D eigenvalue weighted by Crippen LogP contribution is 2.19. The molecule has 1 aliphatic carbocycles. The van der Waals surface area contributed by atoms with Crippen molar-refractivity contribution in [3.05, 3.63) is 71.3 Å². The van der Waals surface area contributed by atoms with Crippen molar-refractivity contribution in [3.63, 3.8) is 0 Å². The number of hydrogen-bond acceptors (Lipinski definition) is 3. The summed E-state index contributed by atoms with van der Waals surface area (Å²) in [4.78, 5) is 35.8. The monoisotopic (exact) mass is 352 g/mol. The molecule has 26 heavy (non-hydrogen) atoms. The molecule has 1 aliphatic rings. The molecular weight excluding hydrogens is 332 g/mol. The zero-order chi connectivity index (χ0) is 18.5. The fraction of sp³-hybridized carbons (Fsp3) is 0.250. The molecule has 0 radical (unpaired) electrons. The van der Waals surface area contributed by atoms with Gasteiger partial charge in [0.05, 0.1) is 0 Å². The van der Waals surface area contributed by atoms with E-state index >= 15 is 0 Å². The van der Waals surface area contributed by atoms with Crippen LogP contribution in [0.25, 0.3) is 0 Å². The summed E-state index contributed by atoms with van der Waals surface area (Å²) < 4.78 is 0. The third-order valence-corrected chi connectivity index (χ3v) is 4.21. The molecular formula is C20H20N2O4. The van der Waals surface area contributed by atoms with Crippen LogP contribution in [-0.2, 0) is 11.2 Å². The van der Waals surface area contributed by atoms with Gasteiger partial charge >= 0.3 is 5.97 Å². The van der Waals surface area contributed by atoms with E-state index in [1.807, 2.05) is 30.3 Å². The first-order valence-corrected chi connectivity index (χ1v) is 8.51. The molecule has 0 bridgehead atoms. The van der Waals surface area contributed by atoms with Crippen molar-refractivity contribution in [1.82, 2.24) is 10.6 Å². The second-order valence-corrected chi connectivity index (χ2v) is 6.38. The third kappa shape index (κ3) is 4.69. The normalized spacial score (nSPS) is 14.3. The van der Waals surface area contributed by atoms with Crippen LogP contribution in [0.3, 0.4) is 0 Å². The SMILES string of the molecule is O=C(NC1CC1)c1ccc(C(=O)N[C@H](Cc2ccccc2)C(=O)O)cc1. The van der Waals surface area contributed by atoms with Crippen LogP contribution >= 0.6 is 0 Å². The van der Waals surface area contributed by atoms with E-state index < -0.39 is 17.9 Å². The number of benzene rings is 2. The van der Waals surface area contributed by atoms with Gasteiger partial charge in [-0.1, -0.05) is 30.3 Å². The first-order valence-electron chi connectivity index (χ1n) is 8.51. The minimum atomic E-state index is -1.09. The highest BCUT2D eigenvalue weighted by atomic mass is 16.4. The van der Waals surface area contributed by atoms with Gasteiger partial charge in [-0.05, 0) is 42.7 Å². The topological polar surface area (TPSA) is 95.5 Å². The molecule has 1 saturated carbocycles. The smallest absolute Gasteiger partial charge is 0.326 e. The summed E-state index contributed by atoms with van der Waals surface area (Å²) in [6.45, 7) is 0. The number of hydrogen-bond donors (Lipinski definition) is 3. The zero-order valence-electron chi connectivity index (χ0n) is 14.1. The van der Waals surface area contributed by atoms with Crippen LogP contribution in [0.15, 0.2) is 54.6 Å². The van der Waals surface area contributed by atoms with E-state index in [1.54, 1.807) is 12.1 Å². The van der Waals surface area contributed by atoms with Crippen molar-refractivity contribution < 1.29 is 19.5 Å². The molecule has 0 spiro atoms. The highest BCUT2D eigenvalue weighted by molar-refractivity contribution is 5.99. The van der Waals surface area contributed by atoms with Gasteiger partial charge in [0.2, 0.25) is 0 Å². The molecule has 1 fully saturated rings. The second kappa shape index (κ2) is 7.82. The van der Waals surface area contributed by atoms with Crippen LogP contribution in [0.5, 0.6) is 0 Å². The first kappa shape index (κ1) is 17.7. The van der Waals surface area contributed by atoms with E-state index in [0.29, 0.717) is 11.1 Å². The number of aliphatic carboxylic acids is 1. The van der Waals surface area contributed by atoms with Gasteiger partial charge in [-0.3, -0.25) is 9.59 Å². The molecule has 6 nitrogen and oxygen atoms in total. The molecule has 0 saturated heterocycles. The van der Waals surface area contributed by atoms with E-state index in [2.05, 4.69) is 10.6 Å². The number of carboxylic acids is 1.